The molecule has 94 valence electrons. The van der Waals surface area contributed by atoms with Gasteiger partial charge in [-0.2, -0.15) is 0 Å². The van der Waals surface area contributed by atoms with E-state index >= 15 is 0 Å². The van der Waals surface area contributed by atoms with E-state index < -0.39 is 0 Å². The summed E-state index contributed by atoms with van der Waals surface area (Å²) in [4.78, 5) is 16.1. The molecule has 0 unspecified atom stereocenters. The summed E-state index contributed by atoms with van der Waals surface area (Å²) in [6.45, 7) is 3.49. The van der Waals surface area contributed by atoms with Crippen molar-refractivity contribution in [3.05, 3.63) is 34.9 Å². The van der Waals surface area contributed by atoms with Crippen LogP contribution in [0.1, 0.15) is 11.2 Å². The van der Waals surface area contributed by atoms with E-state index in [0.717, 1.165) is 21.4 Å². The zero-order valence-electron chi connectivity index (χ0n) is 10.2. The number of anilines is 1. The van der Waals surface area contributed by atoms with E-state index in [9.17, 15) is 4.79 Å². The molecule has 0 atom stereocenters. The predicted molar refractivity (Wildman–Crippen MR) is 74.5 cm³/mol. The van der Waals surface area contributed by atoms with Crippen LogP contribution in [0.15, 0.2) is 28.2 Å². The molecule has 0 bridgehead atoms. The molecule has 0 radical (unpaired) electrons. The predicted octanol–water partition coefficient (Wildman–Crippen LogP) is 2.11. The average Bonchev–Trinajstić information content (AvgIpc) is 2.97. The van der Waals surface area contributed by atoms with E-state index in [1.807, 2.05) is 18.2 Å². The number of benzene rings is 1. The van der Waals surface area contributed by atoms with Crippen LogP contribution in [0.4, 0.5) is 5.78 Å². The van der Waals surface area contributed by atoms with Gasteiger partial charge in [0.05, 0.1) is 0 Å². The molecule has 2 heterocycles. The van der Waals surface area contributed by atoms with Crippen molar-refractivity contribution in [3.63, 3.8) is 0 Å². The molecule has 0 aliphatic carbocycles. The number of hydrogen-bond donors (Lipinski definition) is 1. The first kappa shape index (κ1) is 12.0. The Balaban J connectivity index is 1.71. The number of nitrogens with zero attached hydrogens (tertiary/aromatic N) is 2. The molecule has 3 rings (SSSR count). The number of thiazole rings is 1. The summed E-state index contributed by atoms with van der Waals surface area (Å²) in [5.41, 5.74) is 4.44. The van der Waals surface area contributed by atoms with Crippen LogP contribution in [0.25, 0.3) is 10.2 Å². The zero-order valence-corrected chi connectivity index (χ0v) is 11.0. The van der Waals surface area contributed by atoms with Gasteiger partial charge in [-0.15, -0.1) is 0 Å². The van der Waals surface area contributed by atoms with E-state index in [1.165, 1.54) is 0 Å². The molecule has 7 heteroatoms. The van der Waals surface area contributed by atoms with Crippen LogP contribution < -0.4 is 5.32 Å². The van der Waals surface area contributed by atoms with E-state index in [1.54, 1.807) is 30.7 Å². The van der Waals surface area contributed by atoms with Crippen LogP contribution >= 0.6 is 11.3 Å². The van der Waals surface area contributed by atoms with Gasteiger partial charge in [0.25, 0.3) is 0 Å². The second-order valence-electron chi connectivity index (χ2n) is 4.21. The first-order valence-electron chi connectivity index (χ1n) is 5.76. The monoisotopic (exact) mass is 271 g/mol. The Labute approximate surface area is 113 Å². The van der Waals surface area contributed by atoms with Crippen molar-refractivity contribution >= 4 is 40.2 Å². The van der Waals surface area contributed by atoms with Gasteiger partial charge < -0.3 is 0 Å². The van der Waals surface area contributed by atoms with Crippen molar-refractivity contribution in [1.29, 1.82) is 0 Å². The van der Waals surface area contributed by atoms with Crippen molar-refractivity contribution in [2.45, 2.75) is 13.3 Å². The van der Waals surface area contributed by atoms with Crippen molar-refractivity contribution in [2.75, 3.05) is 5.32 Å². The third-order valence-corrected chi connectivity index (χ3v) is 3.44. The molecule has 0 saturated carbocycles. The molecule has 0 saturated heterocycles. The summed E-state index contributed by atoms with van der Waals surface area (Å²) in [7, 11) is 0. The molecule has 19 heavy (non-hydrogen) atoms. The van der Waals surface area contributed by atoms with E-state index in [4.69, 9.17) is 4.52 Å². The number of aryl methyl sites for hydroxylation is 1. The molecule has 0 fully saturated rings. The average molecular weight is 271 g/mol. The van der Waals surface area contributed by atoms with Crippen LogP contribution in [0, 0.1) is 6.92 Å². The van der Waals surface area contributed by atoms with Crippen molar-refractivity contribution < 1.29 is 9.32 Å². The number of carbonyl (C=O) groups is 1. The molecule has 1 N–H and O–H groups in total. The molecule has 5 nitrogen and oxygen atoms in total. The van der Waals surface area contributed by atoms with Crippen LogP contribution in [0.2, 0.25) is 0 Å². The summed E-state index contributed by atoms with van der Waals surface area (Å²) < 4.78 is 6.02. The quantitative estimate of drug-likeness (QED) is 0.792. The first-order valence-corrected chi connectivity index (χ1v) is 6.64. The van der Waals surface area contributed by atoms with Gasteiger partial charge in [0, 0.05) is 0 Å². The second kappa shape index (κ2) is 4.93. The Kier molecular flexibility index (Phi) is 3.12. The van der Waals surface area contributed by atoms with Gasteiger partial charge in [0.1, 0.15) is 0 Å². The maximum atomic E-state index is 11.9. The number of nitrogens with one attached hydrogen (secondary N) is 1. The SMILES string of the molecule is Cc1bc(NC(=O)Cc2ccc3ncsc3c2)on1. The second-order valence-corrected chi connectivity index (χ2v) is 5.10. The van der Waals surface area contributed by atoms with Gasteiger partial charge in [-0.05, 0) is 0 Å². The maximum absolute atomic E-state index is 11.9. The van der Waals surface area contributed by atoms with Gasteiger partial charge in [-0.3, -0.25) is 0 Å². The summed E-state index contributed by atoms with van der Waals surface area (Å²) in [5, 5.41) is 6.39. The Morgan fingerprint density at radius 2 is 2.42 bits per heavy atom. The summed E-state index contributed by atoms with van der Waals surface area (Å²) in [6, 6.07) is 5.82. The zero-order chi connectivity index (χ0) is 13.2. The van der Waals surface area contributed by atoms with Gasteiger partial charge in [-0.1, -0.05) is 0 Å². The number of carbonyl (C=O) groups excluding carboxylic acids is 1. The number of rotatable bonds is 3. The molecule has 1 amide bonds. The Hall–Kier alpha value is -2.02. The van der Waals surface area contributed by atoms with Crippen LogP contribution in [-0.4, -0.2) is 23.0 Å². The summed E-state index contributed by atoms with van der Waals surface area (Å²) >= 11 is 1.56. The van der Waals surface area contributed by atoms with Crippen LogP contribution in [-0.2, 0) is 11.2 Å². The van der Waals surface area contributed by atoms with Gasteiger partial charge in [0.2, 0.25) is 0 Å². The number of amides is 1. The van der Waals surface area contributed by atoms with Crippen molar-refractivity contribution in [1.82, 2.24) is 10.1 Å². The third-order valence-electron chi connectivity index (χ3n) is 2.65. The number of aromatic nitrogens is 2. The van der Waals surface area contributed by atoms with Crippen LogP contribution in [0.5, 0.6) is 0 Å². The van der Waals surface area contributed by atoms with Gasteiger partial charge in [-0.25, -0.2) is 0 Å². The van der Waals surface area contributed by atoms with E-state index in [2.05, 4.69) is 15.5 Å². The standard InChI is InChI=1S/C12H10BN3O2S/c1-7-13-12(18-16-7)15-11(17)5-8-2-3-9-10(4-8)19-6-14-9/h2-4,6H,5H2,1H3,(H,15,17). The Morgan fingerprint density at radius 1 is 1.53 bits per heavy atom. The van der Waals surface area contributed by atoms with E-state index in [0.29, 0.717) is 12.2 Å². The number of fused-ring (bicyclic) bond motifs is 1. The molecule has 0 aliphatic heterocycles. The minimum absolute atomic E-state index is 0.125. The first-order chi connectivity index (χ1) is 9.20. The summed E-state index contributed by atoms with van der Waals surface area (Å²) in [6.07, 6.45) is 0.299. The molecule has 2 aromatic heterocycles. The molecule has 3 aromatic rings. The number of hydrogen-bond acceptors (Lipinski definition) is 5. The molecule has 1 aromatic carbocycles. The summed E-state index contributed by atoms with van der Waals surface area (Å²) in [5.74, 6) is 0.251. The molecular weight excluding hydrogens is 261 g/mol. The molecular formula is C12H10BN3O2S. The van der Waals surface area contributed by atoms with E-state index in [-0.39, 0.29) is 5.91 Å². The van der Waals surface area contributed by atoms with Crippen molar-refractivity contribution in [2.24, 2.45) is 0 Å². The third kappa shape index (κ3) is 2.71. The minimum atomic E-state index is -0.125. The van der Waals surface area contributed by atoms with Gasteiger partial charge >= 0.3 is 113 Å². The fourth-order valence-electron chi connectivity index (χ4n) is 1.80. The molecule has 0 spiro atoms. The normalized spacial score (nSPS) is 10.6. The van der Waals surface area contributed by atoms with Crippen molar-refractivity contribution in [3.8, 4) is 0 Å². The fraction of sp³-hybridized carbons (Fsp3) is 0.167. The van der Waals surface area contributed by atoms with Crippen LogP contribution in [0.3, 0.4) is 0 Å². The Morgan fingerprint density at radius 3 is 3.21 bits per heavy atom. The topological polar surface area (TPSA) is 68.0 Å². The van der Waals surface area contributed by atoms with Gasteiger partial charge in [0.15, 0.2) is 0 Å². The Bertz CT molecular complexity index is 737. The molecule has 0 aliphatic rings. The fourth-order valence-corrected chi connectivity index (χ4v) is 2.54.